The number of ketones is 1. The second-order valence-electron chi connectivity index (χ2n) is 6.25. The lowest BCUT2D eigenvalue weighted by Gasteiger charge is -2.15. The molecule has 1 aromatic carbocycles. The van der Waals surface area contributed by atoms with E-state index in [2.05, 4.69) is 22.9 Å². The van der Waals surface area contributed by atoms with Crippen LogP contribution in [0.25, 0.3) is 6.08 Å². The van der Waals surface area contributed by atoms with Gasteiger partial charge in [0.25, 0.3) is 0 Å². The smallest absolute Gasteiger partial charge is 0.303 e. The van der Waals surface area contributed by atoms with Crippen molar-refractivity contribution in [3.8, 4) is 0 Å². The first kappa shape index (κ1) is 17.9. The molecule has 0 radical (unpaired) electrons. The molecule has 23 heavy (non-hydrogen) atoms. The maximum Gasteiger partial charge on any atom is 0.303 e. The largest absolute Gasteiger partial charge is 0.481 e. The van der Waals surface area contributed by atoms with Crippen molar-refractivity contribution in [3.05, 3.63) is 39.9 Å². The van der Waals surface area contributed by atoms with Crippen molar-refractivity contribution < 1.29 is 14.7 Å². The molecule has 0 amide bonds. The minimum atomic E-state index is -0.812. The highest BCUT2D eigenvalue weighted by atomic mass is 79.9. The number of rotatable bonds is 7. The molecular formula is C19H23BrO3. The van der Waals surface area contributed by atoms with Crippen LogP contribution in [0.4, 0.5) is 0 Å². The summed E-state index contributed by atoms with van der Waals surface area (Å²) >= 11 is 3.40. The third-order valence-corrected chi connectivity index (χ3v) is 5.00. The van der Waals surface area contributed by atoms with Crippen molar-refractivity contribution in [2.24, 2.45) is 11.8 Å². The van der Waals surface area contributed by atoms with E-state index in [1.807, 2.05) is 30.3 Å². The molecule has 1 saturated carbocycles. The molecule has 1 aromatic rings. The van der Waals surface area contributed by atoms with E-state index in [0.717, 1.165) is 41.3 Å². The Bertz CT molecular complexity index is 589. The Morgan fingerprint density at radius 1 is 1.30 bits per heavy atom. The zero-order chi connectivity index (χ0) is 16.8. The summed E-state index contributed by atoms with van der Waals surface area (Å²) in [5.74, 6) is -0.846. The van der Waals surface area contributed by atoms with E-state index in [-0.39, 0.29) is 24.0 Å². The first-order chi connectivity index (χ1) is 11.0. The fourth-order valence-corrected chi connectivity index (χ4v) is 3.55. The van der Waals surface area contributed by atoms with Gasteiger partial charge in [0.2, 0.25) is 0 Å². The Labute approximate surface area is 145 Å². The zero-order valence-corrected chi connectivity index (χ0v) is 15.0. The standard InChI is InChI=1S/C19H23BrO3/c1-2-3-4-5-17-14(12-18(21)22)11-15(19(17)23)10-13-6-8-16(20)9-7-13/h6-10,14,17H,2-5,11-12H2,1H3,(H,21,22). The Kier molecular flexibility index (Phi) is 6.58. The van der Waals surface area contributed by atoms with Crippen LogP contribution in [-0.2, 0) is 9.59 Å². The van der Waals surface area contributed by atoms with Crippen LogP contribution in [0.2, 0.25) is 0 Å². The van der Waals surface area contributed by atoms with Crippen LogP contribution >= 0.6 is 15.9 Å². The molecule has 4 heteroatoms. The van der Waals surface area contributed by atoms with Crippen LogP contribution in [0.5, 0.6) is 0 Å². The first-order valence-corrected chi connectivity index (χ1v) is 9.02. The molecule has 1 aliphatic carbocycles. The van der Waals surface area contributed by atoms with Gasteiger partial charge in [0.1, 0.15) is 0 Å². The average Bonchev–Trinajstić information content (AvgIpc) is 2.78. The van der Waals surface area contributed by atoms with Crippen molar-refractivity contribution in [1.82, 2.24) is 0 Å². The van der Waals surface area contributed by atoms with Gasteiger partial charge in [-0.3, -0.25) is 9.59 Å². The van der Waals surface area contributed by atoms with Gasteiger partial charge in [-0.2, -0.15) is 0 Å². The lowest BCUT2D eigenvalue weighted by atomic mass is 9.88. The number of halogens is 1. The third-order valence-electron chi connectivity index (χ3n) is 4.47. The number of hydrogen-bond acceptors (Lipinski definition) is 2. The Morgan fingerprint density at radius 3 is 2.61 bits per heavy atom. The minimum absolute atomic E-state index is 0.0569. The van der Waals surface area contributed by atoms with Crippen LogP contribution < -0.4 is 0 Å². The maximum absolute atomic E-state index is 12.7. The molecular weight excluding hydrogens is 356 g/mol. The van der Waals surface area contributed by atoms with Crippen molar-refractivity contribution in [2.75, 3.05) is 0 Å². The highest BCUT2D eigenvalue weighted by molar-refractivity contribution is 9.10. The number of Topliss-reactive ketones (excluding diaryl/α,β-unsaturated/α-hetero) is 1. The molecule has 0 aliphatic heterocycles. The van der Waals surface area contributed by atoms with Crippen LogP contribution in [0.3, 0.4) is 0 Å². The Morgan fingerprint density at radius 2 is 2.00 bits per heavy atom. The van der Waals surface area contributed by atoms with Crippen LogP contribution in [0.1, 0.15) is 51.0 Å². The van der Waals surface area contributed by atoms with Crippen molar-refractivity contribution in [1.29, 1.82) is 0 Å². The molecule has 0 saturated heterocycles. The summed E-state index contributed by atoms with van der Waals surface area (Å²) in [5, 5.41) is 9.12. The predicted octanol–water partition coefficient (Wildman–Crippen LogP) is 5.09. The molecule has 0 bridgehead atoms. The molecule has 124 valence electrons. The van der Waals surface area contributed by atoms with Gasteiger partial charge in [-0.15, -0.1) is 0 Å². The van der Waals surface area contributed by atoms with Crippen molar-refractivity contribution in [3.63, 3.8) is 0 Å². The normalized spacial score (nSPS) is 22.7. The van der Waals surface area contributed by atoms with E-state index in [0.29, 0.717) is 6.42 Å². The number of aliphatic carboxylic acids is 1. The van der Waals surface area contributed by atoms with Crippen molar-refractivity contribution >= 4 is 33.8 Å². The number of carbonyl (C=O) groups excluding carboxylic acids is 1. The van der Waals surface area contributed by atoms with E-state index >= 15 is 0 Å². The summed E-state index contributed by atoms with van der Waals surface area (Å²) in [6.45, 7) is 2.13. The molecule has 0 spiro atoms. The van der Waals surface area contributed by atoms with Gasteiger partial charge in [0.05, 0.1) is 0 Å². The monoisotopic (exact) mass is 378 g/mol. The molecule has 1 fully saturated rings. The number of carboxylic acids is 1. The molecule has 1 N–H and O–H groups in total. The number of carboxylic acid groups (broad SMARTS) is 1. The highest BCUT2D eigenvalue weighted by Gasteiger charge is 2.38. The SMILES string of the molecule is CCCCCC1C(=O)C(=Cc2ccc(Br)cc2)CC1CC(=O)O. The molecule has 2 rings (SSSR count). The predicted molar refractivity (Wildman–Crippen MR) is 95.1 cm³/mol. The summed E-state index contributed by atoms with van der Waals surface area (Å²) < 4.78 is 0.999. The molecule has 1 aliphatic rings. The van der Waals surface area contributed by atoms with Crippen LogP contribution in [-0.4, -0.2) is 16.9 Å². The minimum Gasteiger partial charge on any atom is -0.481 e. The highest BCUT2D eigenvalue weighted by Crippen LogP contribution is 2.39. The van der Waals surface area contributed by atoms with E-state index in [1.54, 1.807) is 0 Å². The fourth-order valence-electron chi connectivity index (χ4n) is 3.29. The molecule has 3 nitrogen and oxygen atoms in total. The topological polar surface area (TPSA) is 54.4 Å². The molecule has 0 heterocycles. The van der Waals surface area contributed by atoms with E-state index < -0.39 is 5.97 Å². The second kappa shape index (κ2) is 8.44. The van der Waals surface area contributed by atoms with Crippen molar-refractivity contribution in [2.45, 2.75) is 45.4 Å². The summed E-state index contributed by atoms with van der Waals surface area (Å²) in [4.78, 5) is 23.8. The summed E-state index contributed by atoms with van der Waals surface area (Å²) in [5.41, 5.74) is 1.76. The van der Waals surface area contributed by atoms with E-state index in [9.17, 15) is 9.59 Å². The van der Waals surface area contributed by atoms with E-state index in [4.69, 9.17) is 5.11 Å². The Hall–Kier alpha value is -1.42. The number of unbranched alkanes of at least 4 members (excludes halogenated alkanes) is 2. The van der Waals surface area contributed by atoms with Gasteiger partial charge in [0, 0.05) is 16.8 Å². The van der Waals surface area contributed by atoms with Gasteiger partial charge in [-0.1, -0.05) is 54.2 Å². The van der Waals surface area contributed by atoms with Gasteiger partial charge in [-0.25, -0.2) is 0 Å². The summed E-state index contributed by atoms with van der Waals surface area (Å²) in [6, 6.07) is 7.81. The number of benzene rings is 1. The summed E-state index contributed by atoms with van der Waals surface area (Å²) in [6.07, 6.45) is 6.58. The third kappa shape index (κ3) is 5.03. The average molecular weight is 379 g/mol. The first-order valence-electron chi connectivity index (χ1n) is 8.23. The second-order valence-corrected chi connectivity index (χ2v) is 7.17. The molecule has 2 unspecified atom stereocenters. The van der Waals surface area contributed by atoms with Gasteiger partial charge >= 0.3 is 5.97 Å². The number of carbonyl (C=O) groups is 2. The lowest BCUT2D eigenvalue weighted by molar-refractivity contribution is -0.138. The summed E-state index contributed by atoms with van der Waals surface area (Å²) in [7, 11) is 0. The molecule has 2 atom stereocenters. The zero-order valence-electron chi connectivity index (χ0n) is 13.4. The van der Waals surface area contributed by atoms with Gasteiger partial charge in [-0.05, 0) is 48.1 Å². The number of allylic oxidation sites excluding steroid dienone is 1. The van der Waals surface area contributed by atoms with E-state index in [1.165, 1.54) is 0 Å². The maximum atomic E-state index is 12.7. The molecule has 0 aromatic heterocycles. The van der Waals surface area contributed by atoms with Gasteiger partial charge < -0.3 is 5.11 Å². The fraction of sp³-hybridized carbons (Fsp3) is 0.474. The Balaban J connectivity index is 2.16. The van der Waals surface area contributed by atoms with Crippen LogP contribution in [0, 0.1) is 11.8 Å². The van der Waals surface area contributed by atoms with Gasteiger partial charge in [0.15, 0.2) is 5.78 Å². The number of hydrogen-bond donors (Lipinski definition) is 1. The lowest BCUT2D eigenvalue weighted by Crippen LogP contribution is -2.18. The quantitative estimate of drug-likeness (QED) is 0.530. The van der Waals surface area contributed by atoms with Crippen LogP contribution in [0.15, 0.2) is 34.3 Å².